The number of benzene rings is 1. The molecule has 0 saturated heterocycles. The quantitative estimate of drug-likeness (QED) is 0.785. The van der Waals surface area contributed by atoms with Crippen LogP contribution in [0.5, 0.6) is 0 Å². The minimum absolute atomic E-state index is 0.0689. The summed E-state index contributed by atoms with van der Waals surface area (Å²) in [5, 5.41) is 12.9. The predicted octanol–water partition coefficient (Wildman–Crippen LogP) is 2.00. The summed E-state index contributed by atoms with van der Waals surface area (Å²) in [7, 11) is 1.64. The molecule has 1 aromatic carbocycles. The normalized spacial score (nSPS) is 10.3. The maximum atomic E-state index is 11.7. The van der Waals surface area contributed by atoms with Crippen LogP contribution in [0, 0.1) is 13.8 Å². The lowest BCUT2D eigenvalue weighted by Gasteiger charge is -2.12. The first-order valence-corrected chi connectivity index (χ1v) is 6.18. The van der Waals surface area contributed by atoms with Gasteiger partial charge in [-0.2, -0.15) is 5.10 Å². The van der Waals surface area contributed by atoms with Gasteiger partial charge < -0.3 is 10.6 Å². The molecule has 0 aliphatic rings. The van der Waals surface area contributed by atoms with E-state index >= 15 is 0 Å². The summed E-state index contributed by atoms with van der Waals surface area (Å²) in [4.78, 5) is 11.7. The first-order chi connectivity index (χ1) is 9.13. The van der Waals surface area contributed by atoms with E-state index in [9.17, 15) is 4.79 Å². The number of amides is 1. The van der Waals surface area contributed by atoms with Gasteiger partial charge in [-0.3, -0.25) is 9.89 Å². The molecule has 100 valence electrons. The molecule has 0 spiro atoms. The van der Waals surface area contributed by atoms with Gasteiger partial charge in [-0.1, -0.05) is 6.07 Å². The predicted molar refractivity (Wildman–Crippen MR) is 75.2 cm³/mol. The second kappa shape index (κ2) is 5.56. The molecule has 5 heteroatoms. The van der Waals surface area contributed by atoms with Crippen molar-refractivity contribution in [3.63, 3.8) is 0 Å². The number of nitrogens with zero attached hydrogens (tertiary/aromatic N) is 1. The van der Waals surface area contributed by atoms with Gasteiger partial charge in [0.05, 0.1) is 6.20 Å². The highest BCUT2D eigenvalue weighted by atomic mass is 16.1. The van der Waals surface area contributed by atoms with Gasteiger partial charge in [0.25, 0.3) is 5.91 Å². The molecule has 2 rings (SSSR count). The van der Waals surface area contributed by atoms with Crippen molar-refractivity contribution in [2.45, 2.75) is 20.4 Å². The highest BCUT2D eigenvalue weighted by Crippen LogP contribution is 2.20. The lowest BCUT2D eigenvalue weighted by atomic mass is 10.1. The number of hydrogen-bond acceptors (Lipinski definition) is 3. The summed E-state index contributed by atoms with van der Waals surface area (Å²) in [6.07, 6.45) is 1.81. The van der Waals surface area contributed by atoms with Crippen molar-refractivity contribution < 1.29 is 4.79 Å². The van der Waals surface area contributed by atoms with Crippen LogP contribution in [0.1, 0.15) is 27.2 Å². The largest absolute Gasteiger partial charge is 0.381 e. The Morgan fingerprint density at radius 1 is 1.37 bits per heavy atom. The molecule has 0 saturated carbocycles. The Kier molecular flexibility index (Phi) is 3.85. The monoisotopic (exact) mass is 258 g/mol. The molecular weight excluding hydrogens is 240 g/mol. The van der Waals surface area contributed by atoms with Crippen molar-refractivity contribution in [3.05, 3.63) is 46.8 Å². The summed E-state index contributed by atoms with van der Waals surface area (Å²) in [5.74, 6) is -0.0689. The van der Waals surface area contributed by atoms with Crippen LogP contribution in [0.15, 0.2) is 24.4 Å². The molecule has 1 amide bonds. The topological polar surface area (TPSA) is 69.8 Å². The summed E-state index contributed by atoms with van der Waals surface area (Å²) in [5.41, 5.74) is 4.76. The maximum Gasteiger partial charge on any atom is 0.251 e. The standard InChI is InChI=1S/C14H18N4O/c1-9-12(14(19)15-3)5-4-6-13(9)16-7-11-8-17-18-10(11)2/h4-6,8,16H,7H2,1-3H3,(H,15,19)(H,17,18). The van der Waals surface area contributed by atoms with Gasteiger partial charge in [0.1, 0.15) is 0 Å². The summed E-state index contributed by atoms with van der Waals surface area (Å²) in [6, 6.07) is 5.67. The van der Waals surface area contributed by atoms with Crippen molar-refractivity contribution in [2.24, 2.45) is 0 Å². The number of H-pyrrole nitrogens is 1. The molecule has 0 radical (unpaired) electrons. The van der Waals surface area contributed by atoms with Crippen molar-refractivity contribution >= 4 is 11.6 Å². The van der Waals surface area contributed by atoms with E-state index in [1.807, 2.05) is 32.0 Å². The molecular formula is C14H18N4O. The smallest absolute Gasteiger partial charge is 0.251 e. The molecule has 0 atom stereocenters. The number of aryl methyl sites for hydroxylation is 1. The number of hydrogen-bond donors (Lipinski definition) is 3. The summed E-state index contributed by atoms with van der Waals surface area (Å²) in [6.45, 7) is 4.60. The molecule has 0 fully saturated rings. The average molecular weight is 258 g/mol. The van der Waals surface area contributed by atoms with E-state index in [1.165, 1.54) is 0 Å². The lowest BCUT2D eigenvalue weighted by molar-refractivity contribution is 0.0962. The van der Waals surface area contributed by atoms with Crippen molar-refractivity contribution in [1.82, 2.24) is 15.5 Å². The molecule has 19 heavy (non-hydrogen) atoms. The van der Waals surface area contributed by atoms with Crippen LogP contribution >= 0.6 is 0 Å². The zero-order valence-electron chi connectivity index (χ0n) is 11.4. The van der Waals surface area contributed by atoms with E-state index in [2.05, 4.69) is 20.8 Å². The zero-order chi connectivity index (χ0) is 13.8. The van der Waals surface area contributed by atoms with E-state index < -0.39 is 0 Å². The first-order valence-electron chi connectivity index (χ1n) is 6.18. The second-order valence-electron chi connectivity index (χ2n) is 4.43. The van der Waals surface area contributed by atoms with Crippen molar-refractivity contribution in [1.29, 1.82) is 0 Å². The zero-order valence-corrected chi connectivity index (χ0v) is 11.4. The fourth-order valence-electron chi connectivity index (χ4n) is 1.95. The fourth-order valence-corrected chi connectivity index (χ4v) is 1.95. The molecule has 3 N–H and O–H groups in total. The minimum Gasteiger partial charge on any atom is -0.381 e. The number of aromatic amines is 1. The molecule has 0 aliphatic heterocycles. The molecule has 1 heterocycles. The Hall–Kier alpha value is -2.30. The van der Waals surface area contributed by atoms with E-state index in [0.29, 0.717) is 12.1 Å². The van der Waals surface area contributed by atoms with E-state index in [1.54, 1.807) is 13.2 Å². The Morgan fingerprint density at radius 3 is 2.79 bits per heavy atom. The van der Waals surface area contributed by atoms with Crippen LogP contribution in [-0.2, 0) is 6.54 Å². The summed E-state index contributed by atoms with van der Waals surface area (Å²) >= 11 is 0. The lowest BCUT2D eigenvalue weighted by Crippen LogP contribution is -2.19. The van der Waals surface area contributed by atoms with Gasteiger partial charge in [0, 0.05) is 36.1 Å². The highest BCUT2D eigenvalue weighted by Gasteiger charge is 2.10. The average Bonchev–Trinajstić information content (AvgIpc) is 2.82. The van der Waals surface area contributed by atoms with Crippen molar-refractivity contribution in [2.75, 3.05) is 12.4 Å². The van der Waals surface area contributed by atoms with Crippen LogP contribution in [-0.4, -0.2) is 23.2 Å². The number of anilines is 1. The van der Waals surface area contributed by atoms with Crippen LogP contribution in [0.4, 0.5) is 5.69 Å². The Labute approximate surface area is 112 Å². The van der Waals surface area contributed by atoms with Crippen LogP contribution in [0.25, 0.3) is 0 Å². The Morgan fingerprint density at radius 2 is 2.16 bits per heavy atom. The third-order valence-electron chi connectivity index (χ3n) is 3.21. The van der Waals surface area contributed by atoms with Gasteiger partial charge in [-0.25, -0.2) is 0 Å². The van der Waals surface area contributed by atoms with E-state index in [-0.39, 0.29) is 5.91 Å². The second-order valence-corrected chi connectivity index (χ2v) is 4.43. The van der Waals surface area contributed by atoms with Gasteiger partial charge in [-0.05, 0) is 31.5 Å². The SMILES string of the molecule is CNC(=O)c1cccc(NCc2cn[nH]c2C)c1C. The molecule has 0 bridgehead atoms. The first kappa shape index (κ1) is 13.1. The third kappa shape index (κ3) is 2.76. The molecule has 1 aromatic heterocycles. The minimum atomic E-state index is -0.0689. The van der Waals surface area contributed by atoms with E-state index in [4.69, 9.17) is 0 Å². The van der Waals surface area contributed by atoms with Gasteiger partial charge in [0.15, 0.2) is 0 Å². The van der Waals surface area contributed by atoms with E-state index in [0.717, 1.165) is 22.5 Å². The van der Waals surface area contributed by atoms with Gasteiger partial charge in [-0.15, -0.1) is 0 Å². The van der Waals surface area contributed by atoms with Crippen LogP contribution in [0.3, 0.4) is 0 Å². The molecule has 5 nitrogen and oxygen atoms in total. The fraction of sp³-hybridized carbons (Fsp3) is 0.286. The molecule has 2 aromatic rings. The number of nitrogens with one attached hydrogen (secondary N) is 3. The summed E-state index contributed by atoms with van der Waals surface area (Å²) < 4.78 is 0. The highest BCUT2D eigenvalue weighted by molar-refractivity contribution is 5.96. The van der Waals surface area contributed by atoms with Crippen LogP contribution < -0.4 is 10.6 Å². The number of carbonyl (C=O) groups excluding carboxylic acids is 1. The Balaban J connectivity index is 2.17. The number of aromatic nitrogens is 2. The number of carbonyl (C=O) groups is 1. The third-order valence-corrected chi connectivity index (χ3v) is 3.21. The van der Waals surface area contributed by atoms with Gasteiger partial charge in [0.2, 0.25) is 0 Å². The molecule has 0 aliphatic carbocycles. The van der Waals surface area contributed by atoms with Crippen LogP contribution in [0.2, 0.25) is 0 Å². The molecule has 0 unspecified atom stereocenters. The maximum absolute atomic E-state index is 11.7. The number of rotatable bonds is 4. The Bertz CT molecular complexity index is 589. The van der Waals surface area contributed by atoms with Gasteiger partial charge >= 0.3 is 0 Å². The van der Waals surface area contributed by atoms with Crippen molar-refractivity contribution in [3.8, 4) is 0 Å².